The lowest BCUT2D eigenvalue weighted by Gasteiger charge is -2.33. The van der Waals surface area contributed by atoms with Crippen molar-refractivity contribution in [2.24, 2.45) is 5.92 Å². The molecule has 0 radical (unpaired) electrons. The van der Waals surface area contributed by atoms with Crippen LogP contribution in [0.5, 0.6) is 0 Å². The number of aryl methyl sites for hydroxylation is 1. The molecule has 1 atom stereocenters. The minimum absolute atomic E-state index is 0.000300. The van der Waals surface area contributed by atoms with Gasteiger partial charge >= 0.3 is 6.18 Å². The van der Waals surface area contributed by atoms with Crippen LogP contribution in [0.15, 0.2) is 0 Å². The summed E-state index contributed by atoms with van der Waals surface area (Å²) in [4.78, 5) is 13.3. The number of nitrogens with two attached hydrogens (primary N) is 1. The van der Waals surface area contributed by atoms with Crippen LogP contribution in [0, 0.1) is 12.8 Å². The van der Waals surface area contributed by atoms with Gasteiger partial charge in [-0.05, 0) is 19.8 Å². The van der Waals surface area contributed by atoms with Crippen molar-refractivity contribution in [1.82, 2.24) is 15.1 Å². The Morgan fingerprint density at radius 1 is 1.53 bits per heavy atom. The van der Waals surface area contributed by atoms with Crippen LogP contribution in [-0.4, -0.2) is 40.3 Å². The van der Waals surface area contributed by atoms with Gasteiger partial charge in [-0.1, -0.05) is 0 Å². The van der Waals surface area contributed by atoms with Gasteiger partial charge in [0, 0.05) is 13.1 Å². The first kappa shape index (κ1) is 13.7. The number of nitrogens with one attached hydrogen (secondary N) is 1. The van der Waals surface area contributed by atoms with Crippen molar-refractivity contribution in [3.63, 3.8) is 0 Å². The molecule has 1 aliphatic heterocycles. The minimum atomic E-state index is -4.27. The number of aromatic amines is 1. The molecular weight excluding hydrogens is 261 g/mol. The lowest BCUT2D eigenvalue weighted by Crippen LogP contribution is -2.44. The Kier molecular flexibility index (Phi) is 3.42. The van der Waals surface area contributed by atoms with Crippen LogP contribution < -0.4 is 5.73 Å². The molecule has 5 nitrogen and oxygen atoms in total. The highest BCUT2D eigenvalue weighted by atomic mass is 19.4. The largest absolute Gasteiger partial charge is 0.395 e. The molecule has 0 aromatic carbocycles. The zero-order valence-electron chi connectivity index (χ0n) is 10.4. The van der Waals surface area contributed by atoms with E-state index in [-0.39, 0.29) is 24.3 Å². The maximum Gasteiger partial charge on any atom is 0.393 e. The molecule has 1 amide bonds. The fourth-order valence-electron chi connectivity index (χ4n) is 2.18. The third kappa shape index (κ3) is 2.66. The van der Waals surface area contributed by atoms with E-state index >= 15 is 0 Å². The number of halogens is 3. The summed E-state index contributed by atoms with van der Waals surface area (Å²) in [6, 6.07) is 0. The van der Waals surface area contributed by atoms with Gasteiger partial charge in [0.2, 0.25) is 0 Å². The highest BCUT2D eigenvalue weighted by Crippen LogP contribution is 2.33. The summed E-state index contributed by atoms with van der Waals surface area (Å²) >= 11 is 0. The van der Waals surface area contributed by atoms with E-state index < -0.39 is 18.0 Å². The Bertz CT molecular complexity index is 483. The minimum Gasteiger partial charge on any atom is -0.395 e. The van der Waals surface area contributed by atoms with Crippen LogP contribution in [0.3, 0.4) is 0 Å². The van der Waals surface area contributed by atoms with E-state index in [0.29, 0.717) is 18.7 Å². The third-order valence-corrected chi connectivity index (χ3v) is 3.37. The number of aromatic nitrogens is 2. The number of nitrogen functional groups attached to an aromatic ring is 1. The van der Waals surface area contributed by atoms with Crippen LogP contribution in [0.4, 0.5) is 18.9 Å². The Labute approximate surface area is 108 Å². The molecule has 2 rings (SSSR count). The van der Waals surface area contributed by atoms with Crippen LogP contribution in [0.2, 0.25) is 0 Å². The number of rotatable bonds is 1. The van der Waals surface area contributed by atoms with E-state index in [1.54, 1.807) is 6.92 Å². The smallest absolute Gasteiger partial charge is 0.393 e. The molecule has 1 unspecified atom stereocenters. The number of alkyl halides is 3. The van der Waals surface area contributed by atoms with Crippen LogP contribution in [0.1, 0.15) is 29.0 Å². The van der Waals surface area contributed by atoms with Crippen molar-refractivity contribution >= 4 is 11.6 Å². The molecule has 19 heavy (non-hydrogen) atoms. The van der Waals surface area contributed by atoms with Gasteiger partial charge in [-0.2, -0.15) is 18.3 Å². The van der Waals surface area contributed by atoms with Gasteiger partial charge in [0.1, 0.15) is 0 Å². The van der Waals surface area contributed by atoms with Gasteiger partial charge in [-0.25, -0.2) is 0 Å². The number of carbonyl (C=O) groups is 1. The molecule has 1 saturated heterocycles. The lowest BCUT2D eigenvalue weighted by atomic mass is 9.97. The highest BCUT2D eigenvalue weighted by Gasteiger charge is 2.43. The van der Waals surface area contributed by atoms with Gasteiger partial charge in [0.05, 0.1) is 17.3 Å². The number of nitrogens with zero attached hydrogens (tertiary/aromatic N) is 2. The van der Waals surface area contributed by atoms with Crippen molar-refractivity contribution < 1.29 is 18.0 Å². The van der Waals surface area contributed by atoms with E-state index in [2.05, 4.69) is 10.2 Å². The van der Waals surface area contributed by atoms with Gasteiger partial charge in [-0.15, -0.1) is 0 Å². The summed E-state index contributed by atoms with van der Waals surface area (Å²) in [5.41, 5.74) is 6.40. The van der Waals surface area contributed by atoms with Gasteiger partial charge in [0.15, 0.2) is 5.69 Å². The van der Waals surface area contributed by atoms with Crippen molar-refractivity contribution in [2.45, 2.75) is 25.9 Å². The molecular formula is C11H15F3N4O. The number of hydrogen-bond donors (Lipinski definition) is 2. The molecule has 0 aliphatic carbocycles. The summed E-state index contributed by atoms with van der Waals surface area (Å²) in [5, 5.41) is 6.31. The Morgan fingerprint density at radius 3 is 2.74 bits per heavy atom. The summed E-state index contributed by atoms with van der Waals surface area (Å²) in [6.07, 6.45) is -3.88. The summed E-state index contributed by atoms with van der Waals surface area (Å²) in [7, 11) is 0. The molecule has 1 aromatic rings. The van der Waals surface area contributed by atoms with Gasteiger partial charge < -0.3 is 10.6 Å². The molecule has 1 aromatic heterocycles. The Morgan fingerprint density at radius 2 is 2.21 bits per heavy atom. The zero-order valence-corrected chi connectivity index (χ0v) is 10.4. The molecule has 0 spiro atoms. The second-order valence-electron chi connectivity index (χ2n) is 4.74. The second-order valence-corrected chi connectivity index (χ2v) is 4.74. The van der Waals surface area contributed by atoms with Crippen LogP contribution in [-0.2, 0) is 0 Å². The van der Waals surface area contributed by atoms with E-state index in [1.807, 2.05) is 0 Å². The quantitative estimate of drug-likeness (QED) is 0.820. The predicted octanol–water partition coefficient (Wildman–Crippen LogP) is 1.71. The zero-order chi connectivity index (χ0) is 14.2. The molecule has 1 aliphatic rings. The predicted molar refractivity (Wildman–Crippen MR) is 62.4 cm³/mol. The van der Waals surface area contributed by atoms with Crippen molar-refractivity contribution in [3.05, 3.63) is 11.4 Å². The number of carbonyl (C=O) groups excluding carboxylic acids is 1. The van der Waals surface area contributed by atoms with Crippen LogP contribution >= 0.6 is 0 Å². The number of piperidine rings is 1. The van der Waals surface area contributed by atoms with Gasteiger partial charge in [-0.3, -0.25) is 9.89 Å². The number of anilines is 1. The van der Waals surface area contributed by atoms with Crippen molar-refractivity contribution in [2.75, 3.05) is 18.8 Å². The number of H-pyrrole nitrogens is 1. The fraction of sp³-hybridized carbons (Fsp3) is 0.636. The molecule has 0 saturated carbocycles. The topological polar surface area (TPSA) is 75.0 Å². The highest BCUT2D eigenvalue weighted by molar-refractivity contribution is 5.97. The Hall–Kier alpha value is -1.73. The average molecular weight is 276 g/mol. The van der Waals surface area contributed by atoms with Crippen molar-refractivity contribution in [1.29, 1.82) is 0 Å². The Balaban J connectivity index is 2.14. The SMILES string of the molecule is Cc1[nH]nc(C(=O)N2CCCC(C(F)(F)F)C2)c1N. The maximum atomic E-state index is 12.7. The number of amides is 1. The number of hydrogen-bond acceptors (Lipinski definition) is 3. The van der Waals surface area contributed by atoms with E-state index in [1.165, 1.54) is 4.90 Å². The monoisotopic (exact) mass is 276 g/mol. The summed E-state index contributed by atoms with van der Waals surface area (Å²) in [6.45, 7) is 1.62. The first-order valence-electron chi connectivity index (χ1n) is 5.97. The number of likely N-dealkylation sites (tertiary alicyclic amines) is 1. The second kappa shape index (κ2) is 4.75. The molecule has 2 heterocycles. The van der Waals surface area contributed by atoms with Gasteiger partial charge in [0.25, 0.3) is 5.91 Å². The molecule has 3 N–H and O–H groups in total. The standard InChI is InChI=1S/C11H15F3N4O/c1-6-8(15)9(17-16-6)10(19)18-4-2-3-7(5-18)11(12,13)14/h7H,2-5,15H2,1H3,(H,16,17). The fourth-order valence-corrected chi connectivity index (χ4v) is 2.18. The van der Waals surface area contributed by atoms with E-state index in [9.17, 15) is 18.0 Å². The molecule has 0 bridgehead atoms. The van der Waals surface area contributed by atoms with Crippen LogP contribution in [0.25, 0.3) is 0 Å². The normalized spacial score (nSPS) is 20.6. The van der Waals surface area contributed by atoms with E-state index in [0.717, 1.165) is 0 Å². The maximum absolute atomic E-state index is 12.7. The van der Waals surface area contributed by atoms with E-state index in [4.69, 9.17) is 5.73 Å². The summed E-state index contributed by atoms with van der Waals surface area (Å²) < 4.78 is 38.0. The molecule has 8 heteroatoms. The van der Waals surface area contributed by atoms with Crippen molar-refractivity contribution in [3.8, 4) is 0 Å². The summed E-state index contributed by atoms with van der Waals surface area (Å²) in [5.74, 6) is -2.01. The average Bonchev–Trinajstić information content (AvgIpc) is 2.68. The molecule has 106 valence electrons. The first-order valence-corrected chi connectivity index (χ1v) is 5.97. The molecule has 1 fully saturated rings. The lowest BCUT2D eigenvalue weighted by molar-refractivity contribution is -0.184. The first-order chi connectivity index (χ1) is 8.80. The third-order valence-electron chi connectivity index (χ3n) is 3.37.